The van der Waals surface area contributed by atoms with Crippen LogP contribution in [0.2, 0.25) is 0 Å². The van der Waals surface area contributed by atoms with Gasteiger partial charge < -0.3 is 4.74 Å². The highest BCUT2D eigenvalue weighted by molar-refractivity contribution is 7.89. The molecule has 0 fully saturated rings. The molecule has 1 heterocycles. The van der Waals surface area contributed by atoms with Crippen LogP contribution in [0.1, 0.15) is 31.0 Å². The standard InChI is InChI=1S/C18H21NO3S/c1-3-22-16-8-10-17(11-9-16)23(20,21)19-13-12-15-6-4-5-7-18(15)14(19)2/h4-11,14H,3,12-13H2,1-2H3. The van der Waals surface area contributed by atoms with E-state index < -0.39 is 10.0 Å². The van der Waals surface area contributed by atoms with Crippen molar-refractivity contribution in [1.29, 1.82) is 0 Å². The molecule has 1 unspecified atom stereocenters. The molecule has 0 saturated heterocycles. The lowest BCUT2D eigenvalue weighted by molar-refractivity contribution is 0.326. The van der Waals surface area contributed by atoms with Gasteiger partial charge >= 0.3 is 0 Å². The molecule has 0 saturated carbocycles. The number of hydrogen-bond donors (Lipinski definition) is 0. The largest absolute Gasteiger partial charge is 0.494 e. The molecule has 122 valence electrons. The van der Waals surface area contributed by atoms with Gasteiger partial charge in [0, 0.05) is 12.6 Å². The highest BCUT2D eigenvalue weighted by Crippen LogP contribution is 2.33. The summed E-state index contributed by atoms with van der Waals surface area (Å²) in [4.78, 5) is 0.312. The summed E-state index contributed by atoms with van der Waals surface area (Å²) in [5, 5.41) is 0. The summed E-state index contributed by atoms with van der Waals surface area (Å²) in [6.45, 7) is 4.92. The summed E-state index contributed by atoms with van der Waals surface area (Å²) in [5.74, 6) is 0.684. The molecular weight excluding hydrogens is 310 g/mol. The van der Waals surface area contributed by atoms with E-state index in [0.717, 1.165) is 12.0 Å². The van der Waals surface area contributed by atoms with E-state index in [4.69, 9.17) is 4.74 Å². The van der Waals surface area contributed by atoms with Crippen molar-refractivity contribution in [2.45, 2.75) is 31.2 Å². The number of rotatable bonds is 4. The van der Waals surface area contributed by atoms with Gasteiger partial charge in [-0.15, -0.1) is 0 Å². The number of sulfonamides is 1. The Balaban J connectivity index is 1.91. The molecular formula is C18H21NO3S. The summed E-state index contributed by atoms with van der Waals surface area (Å²) >= 11 is 0. The van der Waals surface area contributed by atoms with Gasteiger partial charge in [-0.3, -0.25) is 0 Å². The maximum absolute atomic E-state index is 13.0. The van der Waals surface area contributed by atoms with Gasteiger partial charge in [-0.05, 0) is 55.7 Å². The van der Waals surface area contributed by atoms with Crippen molar-refractivity contribution in [1.82, 2.24) is 4.31 Å². The minimum atomic E-state index is -3.51. The maximum Gasteiger partial charge on any atom is 0.243 e. The van der Waals surface area contributed by atoms with Gasteiger partial charge in [0.1, 0.15) is 5.75 Å². The van der Waals surface area contributed by atoms with Crippen LogP contribution in [0.25, 0.3) is 0 Å². The van der Waals surface area contributed by atoms with Crippen LogP contribution in [0.15, 0.2) is 53.4 Å². The van der Waals surface area contributed by atoms with Crippen molar-refractivity contribution >= 4 is 10.0 Å². The molecule has 23 heavy (non-hydrogen) atoms. The Kier molecular flexibility index (Phi) is 4.41. The Morgan fingerprint density at radius 3 is 2.52 bits per heavy atom. The zero-order valence-corrected chi connectivity index (χ0v) is 14.2. The van der Waals surface area contributed by atoms with Gasteiger partial charge in [0.15, 0.2) is 0 Å². The van der Waals surface area contributed by atoms with Gasteiger partial charge in [-0.1, -0.05) is 24.3 Å². The van der Waals surface area contributed by atoms with Crippen molar-refractivity contribution in [3.63, 3.8) is 0 Å². The first-order valence-electron chi connectivity index (χ1n) is 7.86. The van der Waals surface area contributed by atoms with Gasteiger partial charge in [0.25, 0.3) is 0 Å². The molecule has 5 heteroatoms. The lowest BCUT2D eigenvalue weighted by Crippen LogP contribution is -2.38. The topological polar surface area (TPSA) is 46.6 Å². The molecule has 0 spiro atoms. The van der Waals surface area contributed by atoms with Crippen LogP contribution in [-0.4, -0.2) is 25.9 Å². The van der Waals surface area contributed by atoms with Gasteiger partial charge in [0.2, 0.25) is 10.0 Å². The molecule has 0 amide bonds. The highest BCUT2D eigenvalue weighted by Gasteiger charge is 2.33. The van der Waals surface area contributed by atoms with Crippen molar-refractivity contribution in [2.24, 2.45) is 0 Å². The normalized spacial score (nSPS) is 18.4. The van der Waals surface area contributed by atoms with Crippen LogP contribution >= 0.6 is 0 Å². The van der Waals surface area contributed by atoms with E-state index >= 15 is 0 Å². The Morgan fingerprint density at radius 1 is 1.13 bits per heavy atom. The van der Waals surface area contributed by atoms with Crippen LogP contribution in [-0.2, 0) is 16.4 Å². The SMILES string of the molecule is CCOc1ccc(S(=O)(=O)N2CCc3ccccc3C2C)cc1. The monoisotopic (exact) mass is 331 g/mol. The summed E-state index contributed by atoms with van der Waals surface area (Å²) in [6.07, 6.45) is 0.747. The molecule has 0 bridgehead atoms. The fourth-order valence-corrected chi connectivity index (χ4v) is 4.70. The summed E-state index contributed by atoms with van der Waals surface area (Å²) in [5.41, 5.74) is 2.33. The summed E-state index contributed by atoms with van der Waals surface area (Å²) in [6, 6.07) is 14.5. The van der Waals surface area contributed by atoms with Gasteiger partial charge in [-0.2, -0.15) is 4.31 Å². The molecule has 3 rings (SSSR count). The molecule has 2 aromatic carbocycles. The lowest BCUT2D eigenvalue weighted by Gasteiger charge is -2.34. The maximum atomic E-state index is 13.0. The van der Waals surface area contributed by atoms with E-state index in [1.165, 1.54) is 5.56 Å². The smallest absolute Gasteiger partial charge is 0.243 e. The molecule has 0 aromatic heterocycles. The number of fused-ring (bicyclic) bond motifs is 1. The highest BCUT2D eigenvalue weighted by atomic mass is 32.2. The molecule has 0 N–H and O–H groups in total. The fraction of sp³-hybridized carbons (Fsp3) is 0.333. The van der Waals surface area contributed by atoms with Crippen LogP contribution < -0.4 is 4.74 Å². The van der Waals surface area contributed by atoms with E-state index in [1.807, 2.05) is 32.0 Å². The molecule has 2 aromatic rings. The minimum absolute atomic E-state index is 0.156. The Bertz CT molecular complexity index is 784. The predicted molar refractivity (Wildman–Crippen MR) is 90.1 cm³/mol. The zero-order valence-electron chi connectivity index (χ0n) is 13.4. The van der Waals surface area contributed by atoms with Crippen molar-refractivity contribution in [3.8, 4) is 5.75 Å². The summed E-state index contributed by atoms with van der Waals surface area (Å²) in [7, 11) is -3.51. The van der Waals surface area contributed by atoms with E-state index in [1.54, 1.807) is 28.6 Å². The molecule has 0 aliphatic carbocycles. The quantitative estimate of drug-likeness (QED) is 0.863. The van der Waals surface area contributed by atoms with Crippen LogP contribution in [0.4, 0.5) is 0 Å². The van der Waals surface area contributed by atoms with Crippen molar-refractivity contribution < 1.29 is 13.2 Å². The number of nitrogens with zero attached hydrogens (tertiary/aromatic N) is 1. The zero-order chi connectivity index (χ0) is 16.4. The fourth-order valence-electron chi connectivity index (χ4n) is 3.09. The molecule has 1 atom stereocenters. The van der Waals surface area contributed by atoms with Crippen LogP contribution in [0.3, 0.4) is 0 Å². The van der Waals surface area contributed by atoms with E-state index in [0.29, 0.717) is 23.8 Å². The Hall–Kier alpha value is -1.85. The van der Waals surface area contributed by atoms with E-state index in [-0.39, 0.29) is 6.04 Å². The average molecular weight is 331 g/mol. The van der Waals surface area contributed by atoms with Crippen molar-refractivity contribution in [3.05, 3.63) is 59.7 Å². The minimum Gasteiger partial charge on any atom is -0.494 e. The molecule has 1 aliphatic heterocycles. The van der Waals surface area contributed by atoms with E-state index in [2.05, 4.69) is 6.07 Å². The number of ether oxygens (including phenoxy) is 1. The number of benzene rings is 2. The Labute approximate surface area is 137 Å². The molecule has 0 radical (unpaired) electrons. The van der Waals surface area contributed by atoms with Crippen LogP contribution in [0, 0.1) is 0 Å². The first-order valence-corrected chi connectivity index (χ1v) is 9.30. The summed E-state index contributed by atoms with van der Waals surface area (Å²) < 4.78 is 32.9. The van der Waals surface area contributed by atoms with Crippen LogP contribution in [0.5, 0.6) is 5.75 Å². The van der Waals surface area contributed by atoms with Crippen molar-refractivity contribution in [2.75, 3.05) is 13.2 Å². The second-order valence-corrected chi connectivity index (χ2v) is 7.54. The Morgan fingerprint density at radius 2 is 1.83 bits per heavy atom. The lowest BCUT2D eigenvalue weighted by atomic mass is 9.96. The molecule has 4 nitrogen and oxygen atoms in total. The second kappa shape index (κ2) is 6.34. The van der Waals surface area contributed by atoms with E-state index in [9.17, 15) is 8.42 Å². The third kappa shape index (κ3) is 2.99. The first-order chi connectivity index (χ1) is 11.0. The number of hydrogen-bond acceptors (Lipinski definition) is 3. The third-order valence-corrected chi connectivity index (χ3v) is 6.26. The first kappa shape index (κ1) is 16.0. The van der Waals surface area contributed by atoms with Gasteiger partial charge in [0.05, 0.1) is 11.5 Å². The van der Waals surface area contributed by atoms with Gasteiger partial charge in [-0.25, -0.2) is 8.42 Å². The third-order valence-electron chi connectivity index (χ3n) is 4.28. The molecule has 1 aliphatic rings. The second-order valence-electron chi connectivity index (χ2n) is 5.64. The predicted octanol–water partition coefficient (Wildman–Crippen LogP) is 3.39. The average Bonchev–Trinajstić information content (AvgIpc) is 2.56.